The number of rotatable bonds is 4. The third-order valence-electron chi connectivity index (χ3n) is 6.42. The van der Waals surface area contributed by atoms with Gasteiger partial charge in [0.25, 0.3) is 0 Å². The molecule has 0 saturated carbocycles. The standard InChI is InChI=1S/C22H25ClFN5O2S/c1-12-9-13(23)11-26-18(12)16(30)10-14-5-6-15(24)19(28-14)22(4)17-7-8-27-32(17,31)21(2,3)20(25)29-22/h5-6,9,11,17H,7-8,10H2,1-4H3,(H2,25,29)/t17-,22-,32+/m0/s1. The van der Waals surface area contributed by atoms with Crippen molar-refractivity contribution in [2.75, 3.05) is 6.54 Å². The highest BCUT2D eigenvalue weighted by Gasteiger charge is 2.57. The van der Waals surface area contributed by atoms with E-state index in [1.54, 1.807) is 33.8 Å². The highest BCUT2D eigenvalue weighted by molar-refractivity contribution is 7.96. The van der Waals surface area contributed by atoms with Crippen molar-refractivity contribution < 1.29 is 13.4 Å². The van der Waals surface area contributed by atoms with Gasteiger partial charge in [0.1, 0.15) is 33.3 Å². The summed E-state index contributed by atoms with van der Waals surface area (Å²) in [7, 11) is -2.81. The molecule has 0 aliphatic carbocycles. The molecule has 170 valence electrons. The average molecular weight is 478 g/mol. The minimum absolute atomic E-state index is 0.0249. The molecule has 3 atom stereocenters. The number of aliphatic imine (C=N–C) groups is 1. The highest BCUT2D eigenvalue weighted by atomic mass is 35.5. The van der Waals surface area contributed by atoms with Crippen molar-refractivity contribution >= 4 is 32.9 Å². The van der Waals surface area contributed by atoms with E-state index < -0.39 is 31.1 Å². The summed E-state index contributed by atoms with van der Waals surface area (Å²) in [5, 5.41) is -0.0964. The van der Waals surface area contributed by atoms with E-state index in [1.807, 2.05) is 0 Å². The molecule has 0 radical (unpaired) electrons. The van der Waals surface area contributed by atoms with Crippen LogP contribution in [-0.4, -0.2) is 42.3 Å². The molecule has 2 aliphatic heterocycles. The predicted octanol–water partition coefficient (Wildman–Crippen LogP) is 3.61. The minimum Gasteiger partial charge on any atom is -0.386 e. The van der Waals surface area contributed by atoms with Crippen molar-refractivity contribution in [2.45, 2.75) is 56.1 Å². The molecular formula is C22H25ClFN5O2S. The van der Waals surface area contributed by atoms with Crippen molar-refractivity contribution in [2.24, 2.45) is 15.1 Å². The Labute approximate surface area is 191 Å². The lowest BCUT2D eigenvalue weighted by molar-refractivity contribution is 0.0986. The summed E-state index contributed by atoms with van der Waals surface area (Å²) in [6.07, 6.45) is 1.83. The van der Waals surface area contributed by atoms with E-state index in [0.29, 0.717) is 29.2 Å². The molecule has 32 heavy (non-hydrogen) atoms. The lowest BCUT2D eigenvalue weighted by Gasteiger charge is -2.44. The first-order valence-corrected chi connectivity index (χ1v) is 12.2. The quantitative estimate of drug-likeness (QED) is 0.676. The molecule has 2 aromatic rings. The van der Waals surface area contributed by atoms with Gasteiger partial charge in [0.2, 0.25) is 0 Å². The number of aryl methyl sites for hydroxylation is 1. The number of hydrogen-bond acceptors (Lipinski definition) is 7. The molecule has 0 saturated heterocycles. The molecule has 0 amide bonds. The van der Waals surface area contributed by atoms with Crippen LogP contribution in [0.3, 0.4) is 0 Å². The van der Waals surface area contributed by atoms with Gasteiger partial charge in [-0.15, -0.1) is 0 Å². The average Bonchev–Trinajstić information content (AvgIpc) is 3.13. The van der Waals surface area contributed by atoms with Crippen LogP contribution in [0.2, 0.25) is 5.02 Å². The van der Waals surface area contributed by atoms with Gasteiger partial charge in [0, 0.05) is 18.4 Å². The second-order valence-corrected chi connectivity index (χ2v) is 12.3. The number of aromatic nitrogens is 2. The largest absolute Gasteiger partial charge is 0.386 e. The number of pyridine rings is 2. The molecule has 0 spiro atoms. The number of nitrogens with two attached hydrogens (primary N) is 1. The van der Waals surface area contributed by atoms with Crippen LogP contribution in [-0.2, 0) is 21.7 Å². The number of halogens is 2. The molecule has 0 bridgehead atoms. The molecule has 10 heteroatoms. The van der Waals surface area contributed by atoms with Gasteiger partial charge >= 0.3 is 0 Å². The molecule has 2 aliphatic rings. The van der Waals surface area contributed by atoms with Crippen LogP contribution in [0.4, 0.5) is 4.39 Å². The van der Waals surface area contributed by atoms with Crippen molar-refractivity contribution in [3.05, 3.63) is 57.9 Å². The number of nitrogens with zero attached hydrogens (tertiary/aromatic N) is 4. The van der Waals surface area contributed by atoms with Crippen molar-refractivity contribution in [3.63, 3.8) is 0 Å². The van der Waals surface area contributed by atoms with Crippen LogP contribution < -0.4 is 5.73 Å². The molecule has 0 unspecified atom stereocenters. The molecular weight excluding hydrogens is 453 g/mol. The number of amidine groups is 1. The van der Waals surface area contributed by atoms with E-state index in [2.05, 4.69) is 19.3 Å². The fourth-order valence-electron chi connectivity index (χ4n) is 4.49. The van der Waals surface area contributed by atoms with Crippen LogP contribution in [0, 0.1) is 12.7 Å². The maximum Gasteiger partial charge on any atom is 0.187 e. The lowest BCUT2D eigenvalue weighted by atomic mass is 9.89. The van der Waals surface area contributed by atoms with Crippen molar-refractivity contribution in [1.29, 1.82) is 0 Å². The second kappa shape index (κ2) is 7.59. The van der Waals surface area contributed by atoms with Crippen LogP contribution >= 0.6 is 11.6 Å². The van der Waals surface area contributed by atoms with Gasteiger partial charge in [-0.1, -0.05) is 11.6 Å². The Morgan fingerprint density at radius 1 is 1.34 bits per heavy atom. The van der Waals surface area contributed by atoms with Gasteiger partial charge in [-0.25, -0.2) is 13.0 Å². The Bertz CT molecular complexity index is 1290. The molecule has 4 rings (SSSR count). The van der Waals surface area contributed by atoms with Crippen molar-refractivity contribution in [3.8, 4) is 0 Å². The van der Waals surface area contributed by atoms with Gasteiger partial charge in [-0.2, -0.15) is 0 Å². The Kier molecular flexibility index (Phi) is 5.40. The third kappa shape index (κ3) is 3.33. The normalized spacial score (nSPS) is 28.6. The number of fused-ring (bicyclic) bond motifs is 1. The topological polar surface area (TPSA) is 111 Å². The molecule has 0 fully saturated rings. The second-order valence-electron chi connectivity index (χ2n) is 8.91. The third-order valence-corrected chi connectivity index (χ3v) is 10.3. The Morgan fingerprint density at radius 3 is 2.75 bits per heavy atom. The number of Topliss-reactive ketones (excluding diaryl/α,β-unsaturated/α-hetero) is 1. The summed E-state index contributed by atoms with van der Waals surface area (Å²) in [6, 6.07) is 4.38. The predicted molar refractivity (Wildman–Crippen MR) is 123 cm³/mol. The van der Waals surface area contributed by atoms with E-state index in [-0.39, 0.29) is 29.4 Å². The summed E-state index contributed by atoms with van der Waals surface area (Å²) in [6.45, 7) is 7.36. The Hall–Kier alpha value is -2.39. The monoisotopic (exact) mass is 477 g/mol. The van der Waals surface area contributed by atoms with E-state index in [9.17, 15) is 9.00 Å². The molecule has 7 nitrogen and oxygen atoms in total. The van der Waals surface area contributed by atoms with Crippen LogP contribution in [0.15, 0.2) is 33.8 Å². The summed E-state index contributed by atoms with van der Waals surface area (Å²) in [5.41, 5.74) is 6.30. The molecule has 0 aromatic carbocycles. The first kappa shape index (κ1) is 22.8. The molecule has 4 heterocycles. The van der Waals surface area contributed by atoms with E-state index in [1.165, 1.54) is 18.3 Å². The fraction of sp³-hybridized carbons (Fsp3) is 0.455. The zero-order valence-corrected chi connectivity index (χ0v) is 19.9. The van der Waals surface area contributed by atoms with Gasteiger partial charge < -0.3 is 5.73 Å². The van der Waals surface area contributed by atoms with Gasteiger partial charge in [0.15, 0.2) is 5.78 Å². The van der Waals surface area contributed by atoms with E-state index >= 15 is 4.39 Å². The van der Waals surface area contributed by atoms with Crippen LogP contribution in [0.1, 0.15) is 54.6 Å². The lowest BCUT2D eigenvalue weighted by Crippen LogP contribution is -2.58. The van der Waals surface area contributed by atoms with Crippen LogP contribution in [0.5, 0.6) is 0 Å². The van der Waals surface area contributed by atoms with E-state index in [4.69, 9.17) is 17.3 Å². The maximum atomic E-state index is 15.1. The fourth-order valence-corrected chi connectivity index (χ4v) is 7.85. The van der Waals surface area contributed by atoms with Crippen LogP contribution in [0.25, 0.3) is 0 Å². The SMILES string of the molecule is Cc1cc(Cl)cnc1C(=O)Cc1ccc(F)c([C@@]2(C)N=C(N)C(C)(C)[S@@]3(=O)=NCC[C@@H]23)n1. The number of carbonyl (C=O) groups excluding carboxylic acids is 1. The zero-order valence-electron chi connectivity index (χ0n) is 18.4. The minimum atomic E-state index is -2.81. The first-order chi connectivity index (χ1) is 14.9. The number of ketones is 1. The smallest absolute Gasteiger partial charge is 0.187 e. The summed E-state index contributed by atoms with van der Waals surface area (Å²) < 4.78 is 32.4. The number of hydrogen-bond donors (Lipinski definition) is 1. The van der Waals surface area contributed by atoms with Gasteiger partial charge in [0.05, 0.1) is 26.4 Å². The summed E-state index contributed by atoms with van der Waals surface area (Å²) >= 11 is 5.93. The highest BCUT2D eigenvalue weighted by Crippen LogP contribution is 2.47. The Morgan fingerprint density at radius 2 is 2.06 bits per heavy atom. The van der Waals surface area contributed by atoms with Crippen molar-refractivity contribution in [1.82, 2.24) is 9.97 Å². The van der Waals surface area contributed by atoms with Gasteiger partial charge in [-0.3, -0.25) is 19.8 Å². The van der Waals surface area contributed by atoms with E-state index in [0.717, 1.165) is 0 Å². The first-order valence-electron chi connectivity index (χ1n) is 10.3. The molecule has 2 aromatic heterocycles. The summed E-state index contributed by atoms with van der Waals surface area (Å²) in [5.74, 6) is -0.688. The Balaban J connectivity index is 1.76. The maximum absolute atomic E-state index is 15.1. The number of carbonyl (C=O) groups is 1. The molecule has 2 N–H and O–H groups in total. The van der Waals surface area contributed by atoms with Gasteiger partial charge in [-0.05, 0) is 57.9 Å². The summed E-state index contributed by atoms with van der Waals surface area (Å²) in [4.78, 5) is 26.0. The zero-order chi connectivity index (χ0) is 23.5.